The van der Waals surface area contributed by atoms with Gasteiger partial charge in [-0.05, 0) is 12.1 Å². The fraction of sp³-hybridized carbons (Fsp3) is 0. The molecule has 0 atom stereocenters. The van der Waals surface area contributed by atoms with Crippen molar-refractivity contribution in [1.82, 2.24) is 25.0 Å². The predicted octanol–water partition coefficient (Wildman–Crippen LogP) is 1.16. The highest BCUT2D eigenvalue weighted by Gasteiger charge is 2.12. The Hall–Kier alpha value is -2.21. The molecule has 6 nitrogen and oxygen atoms in total. The molecule has 7 heteroatoms. The lowest BCUT2D eigenvalue weighted by molar-refractivity contribution is 0.794. The number of halogens is 1. The molecule has 0 saturated heterocycles. The molecule has 0 aliphatic heterocycles. The molecule has 1 aromatic carbocycles. The molecule has 0 saturated carbocycles. The van der Waals surface area contributed by atoms with Crippen molar-refractivity contribution in [2.45, 2.75) is 0 Å². The topological polar surface area (TPSA) is 76.5 Å². The molecular formula is C10H6ClN5O. The molecule has 0 radical (unpaired) electrons. The van der Waals surface area contributed by atoms with Gasteiger partial charge in [0.25, 0.3) is 5.56 Å². The molecule has 3 rings (SSSR count). The molecule has 2 aromatic heterocycles. The smallest absolute Gasteiger partial charge is 0.271 e. The minimum Gasteiger partial charge on any atom is -0.312 e. The quantitative estimate of drug-likeness (QED) is 0.700. The van der Waals surface area contributed by atoms with Crippen LogP contribution in [-0.4, -0.2) is 25.0 Å². The normalized spacial score (nSPS) is 10.9. The molecule has 0 aliphatic carbocycles. The van der Waals surface area contributed by atoms with Crippen LogP contribution < -0.4 is 5.56 Å². The summed E-state index contributed by atoms with van der Waals surface area (Å²) in [5.41, 5.74) is 1.05. The second kappa shape index (κ2) is 3.67. The summed E-state index contributed by atoms with van der Waals surface area (Å²) in [6.07, 6.45) is 1.28. The molecule has 0 amide bonds. The fourth-order valence-corrected chi connectivity index (χ4v) is 1.73. The first-order valence-corrected chi connectivity index (χ1v) is 5.19. The Bertz CT molecular complexity index is 748. The second-order valence-electron chi connectivity index (χ2n) is 3.36. The molecule has 84 valence electrons. The van der Waals surface area contributed by atoms with Crippen molar-refractivity contribution in [2.75, 3.05) is 0 Å². The van der Waals surface area contributed by atoms with Crippen molar-refractivity contribution in [3.05, 3.63) is 46.0 Å². The summed E-state index contributed by atoms with van der Waals surface area (Å²) in [4.78, 5) is 17.8. The first-order valence-electron chi connectivity index (χ1n) is 4.81. The summed E-state index contributed by atoms with van der Waals surface area (Å²) in [5, 5.41) is 7.89. The Morgan fingerprint density at radius 2 is 2.12 bits per heavy atom. The molecule has 0 fully saturated rings. The van der Waals surface area contributed by atoms with Crippen LogP contribution in [0.1, 0.15) is 0 Å². The number of hydrogen-bond acceptors (Lipinski definition) is 4. The molecule has 0 aliphatic rings. The summed E-state index contributed by atoms with van der Waals surface area (Å²) >= 11 is 5.89. The summed E-state index contributed by atoms with van der Waals surface area (Å²) in [7, 11) is 0. The van der Waals surface area contributed by atoms with Gasteiger partial charge in [-0.25, -0.2) is 4.98 Å². The van der Waals surface area contributed by atoms with Crippen molar-refractivity contribution < 1.29 is 0 Å². The number of benzene rings is 1. The maximum atomic E-state index is 11.4. The van der Waals surface area contributed by atoms with Gasteiger partial charge in [-0.1, -0.05) is 28.9 Å². The second-order valence-corrected chi connectivity index (χ2v) is 3.74. The molecule has 2 heterocycles. The molecular weight excluding hydrogens is 242 g/mol. The van der Waals surface area contributed by atoms with E-state index in [1.807, 2.05) is 24.3 Å². The van der Waals surface area contributed by atoms with Crippen molar-refractivity contribution in [1.29, 1.82) is 0 Å². The van der Waals surface area contributed by atoms with E-state index < -0.39 is 5.56 Å². The van der Waals surface area contributed by atoms with Gasteiger partial charge < -0.3 is 4.98 Å². The number of aromatic nitrogens is 5. The maximum absolute atomic E-state index is 11.4. The number of hydrogen-bond donors (Lipinski definition) is 1. The van der Waals surface area contributed by atoms with Crippen LogP contribution >= 0.6 is 11.6 Å². The average Bonchev–Trinajstić information content (AvgIpc) is 2.77. The Morgan fingerprint density at radius 1 is 1.29 bits per heavy atom. The minimum absolute atomic E-state index is 0.0110. The van der Waals surface area contributed by atoms with Crippen LogP contribution in [0.25, 0.3) is 16.9 Å². The third-order valence-electron chi connectivity index (χ3n) is 2.33. The third-order valence-corrected chi connectivity index (χ3v) is 2.67. The largest absolute Gasteiger partial charge is 0.312 e. The van der Waals surface area contributed by atoms with E-state index in [4.69, 9.17) is 11.6 Å². The number of H-pyrrole nitrogens is 1. The van der Waals surface area contributed by atoms with Crippen LogP contribution in [0, 0.1) is 0 Å². The highest BCUT2D eigenvalue weighted by atomic mass is 35.5. The van der Waals surface area contributed by atoms with E-state index in [1.165, 1.54) is 11.0 Å². The van der Waals surface area contributed by atoms with Crippen LogP contribution in [0.5, 0.6) is 0 Å². The Labute approximate surface area is 99.9 Å². The van der Waals surface area contributed by atoms with Crippen LogP contribution in [0.3, 0.4) is 0 Å². The molecule has 17 heavy (non-hydrogen) atoms. The molecule has 1 N–H and O–H groups in total. The van der Waals surface area contributed by atoms with E-state index in [0.717, 1.165) is 5.52 Å². The van der Waals surface area contributed by atoms with Gasteiger partial charge in [0.15, 0.2) is 10.8 Å². The van der Waals surface area contributed by atoms with Gasteiger partial charge in [-0.2, -0.15) is 4.68 Å². The average molecular weight is 248 g/mol. The van der Waals surface area contributed by atoms with E-state index in [-0.39, 0.29) is 10.8 Å². The summed E-state index contributed by atoms with van der Waals surface area (Å²) in [5.74, 6) is 0.268. The molecule has 0 spiro atoms. The monoisotopic (exact) mass is 247 g/mol. The van der Waals surface area contributed by atoms with E-state index in [0.29, 0.717) is 5.52 Å². The highest BCUT2D eigenvalue weighted by Crippen LogP contribution is 2.17. The molecule has 3 aromatic rings. The first-order chi connectivity index (χ1) is 8.27. The van der Waals surface area contributed by atoms with Crippen molar-refractivity contribution >= 4 is 22.6 Å². The number of fused-ring (bicyclic) bond motifs is 1. The zero-order chi connectivity index (χ0) is 11.8. The summed E-state index contributed by atoms with van der Waals surface area (Å²) in [6.45, 7) is 0. The van der Waals surface area contributed by atoms with E-state index in [2.05, 4.69) is 20.3 Å². The van der Waals surface area contributed by atoms with Crippen LogP contribution in [0.15, 0.2) is 35.4 Å². The van der Waals surface area contributed by atoms with Gasteiger partial charge in [0.1, 0.15) is 5.52 Å². The maximum Gasteiger partial charge on any atom is 0.271 e. The SMILES string of the molecule is O=c1[nH]cnc(-n2nnc3ccccc32)c1Cl. The molecule has 0 bridgehead atoms. The Balaban J connectivity index is 2.35. The number of aromatic amines is 1. The fourth-order valence-electron chi connectivity index (χ4n) is 1.55. The Morgan fingerprint density at radius 3 is 3.00 bits per heavy atom. The van der Waals surface area contributed by atoms with Crippen LogP contribution in [-0.2, 0) is 0 Å². The summed E-state index contributed by atoms with van der Waals surface area (Å²) in [6, 6.07) is 7.35. The lowest BCUT2D eigenvalue weighted by Gasteiger charge is -2.01. The van der Waals surface area contributed by atoms with Gasteiger partial charge in [0, 0.05) is 0 Å². The highest BCUT2D eigenvalue weighted by molar-refractivity contribution is 6.32. The lowest BCUT2D eigenvalue weighted by Crippen LogP contribution is -2.12. The summed E-state index contributed by atoms with van der Waals surface area (Å²) < 4.78 is 1.44. The van der Waals surface area contributed by atoms with Crippen molar-refractivity contribution in [3.63, 3.8) is 0 Å². The lowest BCUT2D eigenvalue weighted by atomic mass is 10.3. The van der Waals surface area contributed by atoms with Crippen molar-refractivity contribution in [3.8, 4) is 5.82 Å². The predicted molar refractivity (Wildman–Crippen MR) is 62.3 cm³/mol. The first kappa shape index (κ1) is 9.98. The zero-order valence-corrected chi connectivity index (χ0v) is 9.22. The van der Waals surface area contributed by atoms with Gasteiger partial charge in [0.05, 0.1) is 11.8 Å². The number of nitrogens with zero attached hydrogens (tertiary/aromatic N) is 4. The minimum atomic E-state index is -0.406. The van der Waals surface area contributed by atoms with Crippen LogP contribution in [0.4, 0.5) is 0 Å². The zero-order valence-electron chi connectivity index (χ0n) is 8.46. The van der Waals surface area contributed by atoms with E-state index in [9.17, 15) is 4.79 Å². The third kappa shape index (κ3) is 1.50. The van der Waals surface area contributed by atoms with Gasteiger partial charge in [-0.15, -0.1) is 5.10 Å². The standard InChI is InChI=1S/C10H6ClN5O/c11-8-9(12-5-13-10(8)17)16-7-4-2-1-3-6(7)14-15-16/h1-5H,(H,12,13,17). The van der Waals surface area contributed by atoms with E-state index in [1.54, 1.807) is 0 Å². The van der Waals surface area contributed by atoms with Gasteiger partial charge >= 0.3 is 0 Å². The number of nitrogens with one attached hydrogen (secondary N) is 1. The van der Waals surface area contributed by atoms with Crippen molar-refractivity contribution in [2.24, 2.45) is 0 Å². The van der Waals surface area contributed by atoms with Gasteiger partial charge in [0.2, 0.25) is 0 Å². The molecule has 0 unspecified atom stereocenters. The number of rotatable bonds is 1. The Kier molecular flexibility index (Phi) is 2.15. The number of para-hydroxylation sites is 1. The van der Waals surface area contributed by atoms with Crippen LogP contribution in [0.2, 0.25) is 5.02 Å². The van der Waals surface area contributed by atoms with E-state index >= 15 is 0 Å². The van der Waals surface area contributed by atoms with Gasteiger partial charge in [-0.3, -0.25) is 4.79 Å².